The molecule has 9 nitrogen and oxygen atoms in total. The number of hydrogen-bond donors (Lipinski definition) is 7. The van der Waals surface area contributed by atoms with E-state index in [9.17, 15) is 35.7 Å². The molecule has 37 heavy (non-hydrogen) atoms. The van der Waals surface area contributed by atoms with E-state index in [-0.39, 0.29) is 28.7 Å². The summed E-state index contributed by atoms with van der Waals surface area (Å²) >= 11 is 0. The molecule has 7 N–H and O–H groups in total. The molecule has 0 radical (unpaired) electrons. The van der Waals surface area contributed by atoms with Crippen LogP contribution in [0.3, 0.4) is 0 Å². The van der Waals surface area contributed by atoms with Gasteiger partial charge in [0.2, 0.25) is 17.2 Å². The summed E-state index contributed by atoms with van der Waals surface area (Å²) in [7, 11) is 0. The molecule has 0 unspecified atom stereocenters. The van der Waals surface area contributed by atoms with Gasteiger partial charge >= 0.3 is 0 Å². The summed E-state index contributed by atoms with van der Waals surface area (Å²) in [6, 6.07) is 13.4. The highest BCUT2D eigenvalue weighted by Crippen LogP contribution is 2.45. The molecule has 0 aliphatic carbocycles. The van der Waals surface area contributed by atoms with Crippen molar-refractivity contribution < 1.29 is 45.2 Å². The molecule has 190 valence electrons. The van der Waals surface area contributed by atoms with Gasteiger partial charge in [0.1, 0.15) is 0 Å². The van der Waals surface area contributed by atoms with Crippen LogP contribution in [0.15, 0.2) is 54.6 Å². The number of aryl methyl sites for hydroxylation is 4. The zero-order valence-corrected chi connectivity index (χ0v) is 19.5. The molecule has 0 amide bonds. The zero-order chi connectivity index (χ0) is 26.3. The Bertz CT molecular complexity index is 1510. The van der Waals surface area contributed by atoms with E-state index in [1.807, 2.05) is 0 Å². The molecule has 4 aromatic carbocycles. The summed E-state index contributed by atoms with van der Waals surface area (Å²) in [4.78, 5) is 0. The predicted octanol–water partition coefficient (Wildman–Crippen LogP) is 5.09. The van der Waals surface area contributed by atoms with E-state index < -0.39 is 34.5 Å². The molecule has 1 aliphatic heterocycles. The van der Waals surface area contributed by atoms with Gasteiger partial charge in [0, 0.05) is 0 Å². The Balaban J connectivity index is 1.63. The van der Waals surface area contributed by atoms with Gasteiger partial charge in [-0.05, 0) is 96.5 Å². The molecular weight excluding hydrogens is 480 g/mol. The van der Waals surface area contributed by atoms with Gasteiger partial charge in [0.15, 0.2) is 46.0 Å². The van der Waals surface area contributed by atoms with E-state index in [0.29, 0.717) is 42.4 Å². The molecule has 8 bridgehead atoms. The van der Waals surface area contributed by atoms with Crippen molar-refractivity contribution in [3.05, 3.63) is 76.9 Å². The van der Waals surface area contributed by atoms with Crippen LogP contribution in [0, 0.1) is 0 Å². The molecule has 0 spiro atoms. The van der Waals surface area contributed by atoms with Crippen molar-refractivity contribution in [2.75, 3.05) is 0 Å². The van der Waals surface area contributed by atoms with Crippen molar-refractivity contribution >= 4 is 0 Å². The van der Waals surface area contributed by atoms with Crippen molar-refractivity contribution in [3.8, 4) is 63.2 Å². The Morgan fingerprint density at radius 1 is 0.378 bits per heavy atom. The minimum Gasteiger partial charge on any atom is -0.504 e. The summed E-state index contributed by atoms with van der Waals surface area (Å²) in [5.41, 5.74) is 2.52. The summed E-state index contributed by atoms with van der Waals surface area (Å²) in [5.74, 6) is -3.13. The van der Waals surface area contributed by atoms with E-state index in [1.165, 1.54) is 42.5 Å². The van der Waals surface area contributed by atoms with E-state index >= 15 is 0 Å². The molecule has 0 saturated heterocycles. The average Bonchev–Trinajstić information content (AvgIpc) is 2.86. The van der Waals surface area contributed by atoms with Crippen LogP contribution in [0.4, 0.5) is 0 Å². The van der Waals surface area contributed by atoms with Gasteiger partial charge in [-0.1, -0.05) is 6.07 Å². The van der Waals surface area contributed by atoms with Crippen LogP contribution in [0.5, 0.6) is 63.2 Å². The Labute approximate surface area is 211 Å². The normalized spacial score (nSPS) is 13.1. The number of fused-ring (bicyclic) bond motifs is 8. The minimum absolute atomic E-state index is 0.0470. The zero-order valence-electron chi connectivity index (χ0n) is 19.5. The third kappa shape index (κ3) is 4.79. The quantitative estimate of drug-likeness (QED) is 0.162. The predicted molar refractivity (Wildman–Crippen MR) is 132 cm³/mol. The first-order valence-corrected chi connectivity index (χ1v) is 11.5. The van der Waals surface area contributed by atoms with E-state index in [0.717, 1.165) is 5.56 Å². The van der Waals surface area contributed by atoms with Gasteiger partial charge in [-0.25, -0.2) is 0 Å². The number of ether oxygens (including phenoxy) is 2. The van der Waals surface area contributed by atoms with E-state index in [1.54, 1.807) is 12.1 Å². The monoisotopic (exact) mass is 504 g/mol. The largest absolute Gasteiger partial charge is 0.504 e. The van der Waals surface area contributed by atoms with Crippen LogP contribution >= 0.6 is 0 Å². The van der Waals surface area contributed by atoms with Crippen molar-refractivity contribution in [1.82, 2.24) is 0 Å². The third-order valence-electron chi connectivity index (χ3n) is 6.21. The highest BCUT2D eigenvalue weighted by atomic mass is 16.5. The molecule has 0 atom stereocenters. The Hall–Kier alpha value is -4.92. The molecule has 5 rings (SSSR count). The first kappa shape index (κ1) is 23.8. The smallest absolute Gasteiger partial charge is 0.201 e. The standard InChI is InChI=1S/C28H24O9/c29-18-6-5-14-1-2-15-7-20(31)27(34)24(12-15)37-25-13-17(9-21(32)28(25)35)4-3-16-8-19(30)26(33)23(11-16)36-22(18)10-14/h5-13,29-35H,1-4H2. The Kier molecular flexibility index (Phi) is 5.96. The second-order valence-electron chi connectivity index (χ2n) is 8.89. The molecule has 0 aromatic heterocycles. The fourth-order valence-corrected chi connectivity index (χ4v) is 4.22. The molecule has 1 aliphatic rings. The van der Waals surface area contributed by atoms with Gasteiger partial charge in [-0.15, -0.1) is 0 Å². The SMILES string of the molecule is Oc1ccc2cc1Oc1cc(cc(O)c1O)CCc1cc(O)c(O)c(c1)Oc1cc(cc(O)c1O)CC2. The maximum atomic E-state index is 10.4. The summed E-state index contributed by atoms with van der Waals surface area (Å²) in [6.07, 6.45) is 1.50. The minimum atomic E-state index is -0.531. The van der Waals surface area contributed by atoms with Gasteiger partial charge in [0.05, 0.1) is 0 Å². The number of benzene rings is 4. The fourth-order valence-electron chi connectivity index (χ4n) is 4.22. The van der Waals surface area contributed by atoms with Crippen LogP contribution in [-0.2, 0) is 25.7 Å². The molecule has 9 heteroatoms. The van der Waals surface area contributed by atoms with Crippen molar-refractivity contribution in [2.24, 2.45) is 0 Å². The van der Waals surface area contributed by atoms with Gasteiger partial charge in [-0.3, -0.25) is 0 Å². The molecule has 1 heterocycles. The second kappa shape index (κ2) is 9.27. The number of phenolic OH excluding ortho intramolecular Hbond substituents is 7. The number of rotatable bonds is 0. The summed E-state index contributed by atoms with van der Waals surface area (Å²) in [6.45, 7) is 0. The van der Waals surface area contributed by atoms with Crippen LogP contribution in [0.25, 0.3) is 0 Å². The first-order valence-electron chi connectivity index (χ1n) is 11.5. The lowest BCUT2D eigenvalue weighted by molar-refractivity contribution is 0.350. The molecular formula is C28H24O9. The number of aromatic hydroxyl groups is 7. The maximum absolute atomic E-state index is 10.4. The lowest BCUT2D eigenvalue weighted by Crippen LogP contribution is -1.97. The lowest BCUT2D eigenvalue weighted by Gasteiger charge is -2.16. The van der Waals surface area contributed by atoms with Crippen LogP contribution in [-0.4, -0.2) is 35.7 Å². The van der Waals surface area contributed by atoms with Crippen LogP contribution in [0.2, 0.25) is 0 Å². The number of hydrogen-bond acceptors (Lipinski definition) is 9. The van der Waals surface area contributed by atoms with E-state index in [2.05, 4.69) is 0 Å². The number of phenols is 7. The fraction of sp³-hybridized carbons (Fsp3) is 0.143. The Morgan fingerprint density at radius 2 is 0.730 bits per heavy atom. The second-order valence-corrected chi connectivity index (χ2v) is 8.89. The molecule has 0 fully saturated rings. The summed E-state index contributed by atoms with van der Waals surface area (Å²) < 4.78 is 11.5. The van der Waals surface area contributed by atoms with Crippen LogP contribution < -0.4 is 9.47 Å². The maximum Gasteiger partial charge on any atom is 0.201 e. The van der Waals surface area contributed by atoms with Crippen molar-refractivity contribution in [3.63, 3.8) is 0 Å². The van der Waals surface area contributed by atoms with Crippen molar-refractivity contribution in [2.45, 2.75) is 25.7 Å². The average molecular weight is 504 g/mol. The molecule has 0 saturated carbocycles. The lowest BCUT2D eigenvalue weighted by atomic mass is 10.0. The van der Waals surface area contributed by atoms with Crippen LogP contribution in [0.1, 0.15) is 22.3 Å². The van der Waals surface area contributed by atoms with Crippen molar-refractivity contribution in [1.29, 1.82) is 0 Å². The Morgan fingerprint density at radius 3 is 1.16 bits per heavy atom. The van der Waals surface area contributed by atoms with E-state index in [4.69, 9.17) is 9.47 Å². The third-order valence-corrected chi connectivity index (χ3v) is 6.21. The van der Waals surface area contributed by atoms with Gasteiger partial charge in [-0.2, -0.15) is 0 Å². The highest BCUT2D eigenvalue weighted by molar-refractivity contribution is 5.59. The topological polar surface area (TPSA) is 160 Å². The van der Waals surface area contributed by atoms with Gasteiger partial charge in [0.25, 0.3) is 0 Å². The summed E-state index contributed by atoms with van der Waals surface area (Å²) in [5, 5.41) is 72.2. The first-order chi connectivity index (χ1) is 17.7. The molecule has 4 aromatic rings. The highest BCUT2D eigenvalue weighted by Gasteiger charge is 2.19. The van der Waals surface area contributed by atoms with Gasteiger partial charge < -0.3 is 45.2 Å².